The minimum atomic E-state index is 0.712. The van der Waals surface area contributed by atoms with Crippen molar-refractivity contribution >= 4 is 11.9 Å². The first-order valence-corrected chi connectivity index (χ1v) is 3.10. The topological polar surface area (TPSA) is 49.9 Å². The zero-order valence-corrected chi connectivity index (χ0v) is 5.89. The van der Waals surface area contributed by atoms with E-state index in [4.69, 9.17) is 11.1 Å². The second-order valence-corrected chi connectivity index (χ2v) is 2.26. The van der Waals surface area contributed by atoms with E-state index in [1.807, 2.05) is 19.1 Å². The zero-order chi connectivity index (χ0) is 7.56. The summed E-state index contributed by atoms with van der Waals surface area (Å²) >= 11 is 0. The summed E-state index contributed by atoms with van der Waals surface area (Å²) in [7, 11) is 0. The van der Waals surface area contributed by atoms with Crippen LogP contribution in [0.1, 0.15) is 11.1 Å². The average molecular weight is 134 g/mol. The maximum absolute atomic E-state index is 7.00. The summed E-state index contributed by atoms with van der Waals surface area (Å²) < 4.78 is 0. The van der Waals surface area contributed by atoms with Crippen LogP contribution in [-0.4, -0.2) is 6.21 Å². The van der Waals surface area contributed by atoms with Crippen LogP contribution in [0, 0.1) is 12.3 Å². The van der Waals surface area contributed by atoms with Crippen molar-refractivity contribution in [2.24, 2.45) is 0 Å². The lowest BCUT2D eigenvalue weighted by molar-refractivity contribution is 1.43. The fraction of sp³-hybridized carbons (Fsp3) is 0.125. The molecule has 0 atom stereocenters. The number of anilines is 1. The molecule has 2 heteroatoms. The first kappa shape index (κ1) is 6.81. The normalized spacial score (nSPS) is 9.30. The SMILES string of the molecule is Cc1ccc(N)cc1C=N. The molecule has 0 aromatic heterocycles. The molecule has 0 spiro atoms. The summed E-state index contributed by atoms with van der Waals surface area (Å²) in [6.07, 6.45) is 1.31. The highest BCUT2D eigenvalue weighted by atomic mass is 14.5. The monoisotopic (exact) mass is 134 g/mol. The quantitative estimate of drug-likeness (QED) is 0.444. The predicted molar refractivity (Wildman–Crippen MR) is 43.5 cm³/mol. The van der Waals surface area contributed by atoms with Gasteiger partial charge < -0.3 is 11.1 Å². The molecular weight excluding hydrogens is 124 g/mol. The second-order valence-electron chi connectivity index (χ2n) is 2.26. The molecule has 1 rings (SSSR count). The van der Waals surface area contributed by atoms with Gasteiger partial charge in [-0.05, 0) is 30.2 Å². The molecule has 0 aliphatic carbocycles. The molecule has 0 saturated carbocycles. The van der Waals surface area contributed by atoms with Gasteiger partial charge in [0.2, 0.25) is 0 Å². The molecule has 0 unspecified atom stereocenters. The molecule has 1 aromatic rings. The number of rotatable bonds is 1. The van der Waals surface area contributed by atoms with Gasteiger partial charge in [0.1, 0.15) is 0 Å². The zero-order valence-electron chi connectivity index (χ0n) is 5.89. The Morgan fingerprint density at radius 2 is 2.20 bits per heavy atom. The van der Waals surface area contributed by atoms with E-state index in [1.165, 1.54) is 6.21 Å². The van der Waals surface area contributed by atoms with Crippen LogP contribution in [-0.2, 0) is 0 Å². The molecule has 52 valence electrons. The summed E-state index contributed by atoms with van der Waals surface area (Å²) in [5.74, 6) is 0. The Morgan fingerprint density at radius 3 is 2.70 bits per heavy atom. The van der Waals surface area contributed by atoms with Gasteiger partial charge in [0, 0.05) is 11.9 Å². The molecule has 0 aliphatic rings. The number of hydrogen-bond acceptors (Lipinski definition) is 2. The summed E-state index contributed by atoms with van der Waals surface area (Å²) in [5, 5.41) is 7.00. The molecule has 0 radical (unpaired) electrons. The number of nitrogens with two attached hydrogens (primary N) is 1. The van der Waals surface area contributed by atoms with Gasteiger partial charge in [-0.1, -0.05) is 6.07 Å². The molecule has 2 nitrogen and oxygen atoms in total. The van der Waals surface area contributed by atoms with E-state index in [0.717, 1.165) is 11.1 Å². The van der Waals surface area contributed by atoms with Crippen molar-refractivity contribution in [2.75, 3.05) is 5.73 Å². The predicted octanol–water partition coefficient (Wildman–Crippen LogP) is 1.57. The van der Waals surface area contributed by atoms with E-state index in [2.05, 4.69) is 0 Å². The maximum Gasteiger partial charge on any atom is 0.0320 e. The third kappa shape index (κ3) is 1.16. The largest absolute Gasteiger partial charge is 0.399 e. The lowest BCUT2D eigenvalue weighted by Gasteiger charge is -1.98. The Kier molecular flexibility index (Phi) is 1.71. The molecule has 0 amide bonds. The highest BCUT2D eigenvalue weighted by molar-refractivity contribution is 5.80. The van der Waals surface area contributed by atoms with E-state index in [9.17, 15) is 0 Å². The Labute approximate surface area is 60.2 Å². The third-order valence-corrected chi connectivity index (χ3v) is 1.46. The molecule has 0 saturated heterocycles. The van der Waals surface area contributed by atoms with Crippen LogP contribution < -0.4 is 5.73 Å². The van der Waals surface area contributed by atoms with Crippen molar-refractivity contribution < 1.29 is 0 Å². The van der Waals surface area contributed by atoms with Gasteiger partial charge in [-0.15, -0.1) is 0 Å². The number of benzene rings is 1. The molecule has 0 aliphatic heterocycles. The van der Waals surface area contributed by atoms with E-state index in [-0.39, 0.29) is 0 Å². The number of nitrogens with one attached hydrogen (secondary N) is 1. The van der Waals surface area contributed by atoms with Crippen LogP contribution in [0.25, 0.3) is 0 Å². The second kappa shape index (κ2) is 2.52. The minimum absolute atomic E-state index is 0.712. The van der Waals surface area contributed by atoms with Crippen molar-refractivity contribution in [3.63, 3.8) is 0 Å². The van der Waals surface area contributed by atoms with E-state index in [0.29, 0.717) is 5.69 Å². The summed E-state index contributed by atoms with van der Waals surface area (Å²) in [6.45, 7) is 1.96. The van der Waals surface area contributed by atoms with E-state index < -0.39 is 0 Å². The fourth-order valence-electron chi connectivity index (χ4n) is 0.814. The molecule has 10 heavy (non-hydrogen) atoms. The maximum atomic E-state index is 7.00. The number of nitrogen functional groups attached to an aromatic ring is 1. The number of hydrogen-bond donors (Lipinski definition) is 2. The highest BCUT2D eigenvalue weighted by Crippen LogP contribution is 2.09. The van der Waals surface area contributed by atoms with Crippen molar-refractivity contribution in [3.8, 4) is 0 Å². The Balaban J connectivity index is 3.21. The first-order valence-electron chi connectivity index (χ1n) is 3.10. The molecule has 0 bridgehead atoms. The lowest BCUT2D eigenvalue weighted by Crippen LogP contribution is -1.90. The van der Waals surface area contributed by atoms with Crippen molar-refractivity contribution in [3.05, 3.63) is 29.3 Å². The van der Waals surface area contributed by atoms with E-state index in [1.54, 1.807) is 6.07 Å². The van der Waals surface area contributed by atoms with Crippen molar-refractivity contribution in [2.45, 2.75) is 6.92 Å². The van der Waals surface area contributed by atoms with Gasteiger partial charge in [-0.2, -0.15) is 0 Å². The van der Waals surface area contributed by atoms with Crippen LogP contribution >= 0.6 is 0 Å². The lowest BCUT2D eigenvalue weighted by atomic mass is 10.1. The highest BCUT2D eigenvalue weighted by Gasteiger charge is 1.92. The van der Waals surface area contributed by atoms with Crippen LogP contribution in [0.3, 0.4) is 0 Å². The summed E-state index contributed by atoms with van der Waals surface area (Å²) in [4.78, 5) is 0. The molecule has 3 N–H and O–H groups in total. The number of aryl methyl sites for hydroxylation is 1. The van der Waals surface area contributed by atoms with Gasteiger partial charge in [-0.25, -0.2) is 0 Å². The van der Waals surface area contributed by atoms with Crippen LogP contribution in [0.2, 0.25) is 0 Å². The van der Waals surface area contributed by atoms with Gasteiger partial charge >= 0.3 is 0 Å². The smallest absolute Gasteiger partial charge is 0.0320 e. The minimum Gasteiger partial charge on any atom is -0.399 e. The van der Waals surface area contributed by atoms with Gasteiger partial charge in [0.15, 0.2) is 0 Å². The van der Waals surface area contributed by atoms with Crippen LogP contribution in [0.4, 0.5) is 5.69 Å². The van der Waals surface area contributed by atoms with Crippen molar-refractivity contribution in [1.29, 1.82) is 5.41 Å². The standard InChI is InChI=1S/C8H10N2/c1-6-2-3-8(10)4-7(6)5-9/h2-5,9H,10H2,1H3. The first-order chi connectivity index (χ1) is 4.74. The molecule has 0 heterocycles. The van der Waals surface area contributed by atoms with Crippen molar-refractivity contribution in [1.82, 2.24) is 0 Å². The summed E-state index contributed by atoms with van der Waals surface area (Å²) in [6, 6.07) is 5.54. The summed E-state index contributed by atoms with van der Waals surface area (Å²) in [5.41, 5.74) is 8.19. The fourth-order valence-corrected chi connectivity index (χ4v) is 0.814. The Morgan fingerprint density at radius 1 is 1.50 bits per heavy atom. The molecule has 1 aromatic carbocycles. The molecular formula is C8H10N2. The Bertz CT molecular complexity index is 253. The van der Waals surface area contributed by atoms with Crippen LogP contribution in [0.5, 0.6) is 0 Å². The average Bonchev–Trinajstić information content (AvgIpc) is 1.94. The van der Waals surface area contributed by atoms with Gasteiger partial charge in [-0.3, -0.25) is 0 Å². The van der Waals surface area contributed by atoms with Gasteiger partial charge in [0.25, 0.3) is 0 Å². The third-order valence-electron chi connectivity index (χ3n) is 1.46. The molecule has 0 fully saturated rings. The Hall–Kier alpha value is -1.31. The van der Waals surface area contributed by atoms with Crippen LogP contribution in [0.15, 0.2) is 18.2 Å². The van der Waals surface area contributed by atoms with E-state index >= 15 is 0 Å². The van der Waals surface area contributed by atoms with Gasteiger partial charge in [0.05, 0.1) is 0 Å².